The van der Waals surface area contributed by atoms with Crippen molar-refractivity contribution in [1.82, 2.24) is 0 Å². The van der Waals surface area contributed by atoms with Gasteiger partial charge in [-0.15, -0.1) is 0 Å². The Morgan fingerprint density at radius 1 is 1.40 bits per heavy atom. The van der Waals surface area contributed by atoms with Crippen LogP contribution in [-0.2, 0) is 4.74 Å². The molecule has 1 atom stereocenters. The Morgan fingerprint density at radius 2 is 2.13 bits per heavy atom. The van der Waals surface area contributed by atoms with Gasteiger partial charge >= 0.3 is 0 Å². The van der Waals surface area contributed by atoms with Crippen LogP contribution in [0.4, 0.5) is 0 Å². The Bertz CT molecular complexity index is 361. The van der Waals surface area contributed by atoms with Crippen LogP contribution in [0.1, 0.15) is 12.0 Å². The summed E-state index contributed by atoms with van der Waals surface area (Å²) in [5.74, 6) is 0.737. The highest BCUT2D eigenvalue weighted by molar-refractivity contribution is 9.10. The zero-order chi connectivity index (χ0) is 10.7. The first-order valence-corrected chi connectivity index (χ1v) is 5.75. The van der Waals surface area contributed by atoms with E-state index in [-0.39, 0.29) is 6.04 Å². The Morgan fingerprint density at radius 3 is 2.80 bits per heavy atom. The van der Waals surface area contributed by atoms with Gasteiger partial charge in [-0.2, -0.15) is 0 Å². The molecular formula is C11H13BrN2O. The molecule has 4 heteroatoms. The molecule has 0 saturated carbocycles. The molecule has 2 N–H and O–H groups in total. The van der Waals surface area contributed by atoms with Gasteiger partial charge < -0.3 is 10.5 Å². The summed E-state index contributed by atoms with van der Waals surface area (Å²) in [5.41, 5.74) is 6.51. The van der Waals surface area contributed by atoms with Gasteiger partial charge in [-0.25, -0.2) is 4.99 Å². The van der Waals surface area contributed by atoms with Crippen molar-refractivity contribution in [1.29, 1.82) is 0 Å². The van der Waals surface area contributed by atoms with Crippen LogP contribution >= 0.6 is 15.9 Å². The minimum absolute atomic E-state index is 0.230. The second-order valence-corrected chi connectivity index (χ2v) is 4.40. The largest absolute Gasteiger partial charge is 0.475 e. The number of nitrogens with two attached hydrogens (primary N) is 1. The number of rotatable bonds is 3. The molecule has 1 aliphatic heterocycles. The lowest BCUT2D eigenvalue weighted by Crippen LogP contribution is -2.12. The minimum Gasteiger partial charge on any atom is -0.475 e. The number of hydrogen-bond acceptors (Lipinski definition) is 3. The first-order valence-electron chi connectivity index (χ1n) is 4.96. The van der Waals surface area contributed by atoms with Crippen molar-refractivity contribution in [3.05, 3.63) is 34.3 Å². The van der Waals surface area contributed by atoms with E-state index in [0.29, 0.717) is 13.2 Å². The highest BCUT2D eigenvalue weighted by Crippen LogP contribution is 2.16. The summed E-state index contributed by atoms with van der Waals surface area (Å²) in [6.07, 6.45) is 0.889. The molecule has 1 aromatic carbocycles. The van der Waals surface area contributed by atoms with Crippen LogP contribution in [0.25, 0.3) is 0 Å². The van der Waals surface area contributed by atoms with Gasteiger partial charge in [0.05, 0.1) is 6.04 Å². The monoisotopic (exact) mass is 268 g/mol. The molecule has 0 bridgehead atoms. The van der Waals surface area contributed by atoms with Crippen LogP contribution in [0.15, 0.2) is 33.7 Å². The summed E-state index contributed by atoms with van der Waals surface area (Å²) in [5, 5.41) is 0. The van der Waals surface area contributed by atoms with Crippen molar-refractivity contribution >= 4 is 21.8 Å². The molecule has 1 unspecified atom stereocenters. The highest BCUT2D eigenvalue weighted by atomic mass is 79.9. The maximum atomic E-state index is 5.52. The number of benzene rings is 1. The summed E-state index contributed by atoms with van der Waals surface area (Å²) >= 11 is 3.39. The van der Waals surface area contributed by atoms with E-state index < -0.39 is 0 Å². The average Bonchev–Trinajstić information content (AvgIpc) is 2.68. The molecule has 2 rings (SSSR count). The SMILES string of the molecule is NCCC1COC(c2ccc(Br)cc2)=N1. The van der Waals surface area contributed by atoms with E-state index in [0.717, 1.165) is 22.4 Å². The predicted molar refractivity (Wildman–Crippen MR) is 64.1 cm³/mol. The van der Waals surface area contributed by atoms with E-state index in [4.69, 9.17) is 10.5 Å². The zero-order valence-electron chi connectivity index (χ0n) is 8.32. The fraction of sp³-hybridized carbons (Fsp3) is 0.364. The molecule has 0 saturated heterocycles. The van der Waals surface area contributed by atoms with Gasteiger partial charge in [0.2, 0.25) is 5.90 Å². The third kappa shape index (κ3) is 2.58. The van der Waals surface area contributed by atoms with Crippen LogP contribution in [0, 0.1) is 0 Å². The fourth-order valence-electron chi connectivity index (χ4n) is 1.51. The third-order valence-electron chi connectivity index (χ3n) is 2.30. The molecule has 3 nitrogen and oxygen atoms in total. The van der Waals surface area contributed by atoms with Crippen LogP contribution in [-0.4, -0.2) is 25.1 Å². The summed E-state index contributed by atoms with van der Waals surface area (Å²) in [6, 6.07) is 8.19. The van der Waals surface area contributed by atoms with Crippen LogP contribution in [0.3, 0.4) is 0 Å². The average molecular weight is 269 g/mol. The standard InChI is InChI=1S/C11H13BrN2O/c12-9-3-1-8(2-4-9)11-14-10(5-6-13)7-15-11/h1-4,10H,5-7,13H2. The second-order valence-electron chi connectivity index (χ2n) is 3.48. The Kier molecular flexibility index (Phi) is 3.38. The Balaban J connectivity index is 2.12. The van der Waals surface area contributed by atoms with Gasteiger partial charge in [0, 0.05) is 10.0 Å². The van der Waals surface area contributed by atoms with Crippen LogP contribution in [0.5, 0.6) is 0 Å². The summed E-state index contributed by atoms with van der Waals surface area (Å²) in [7, 11) is 0. The van der Waals surface area contributed by atoms with Crippen molar-refractivity contribution in [2.45, 2.75) is 12.5 Å². The summed E-state index contributed by atoms with van der Waals surface area (Å²) < 4.78 is 6.58. The summed E-state index contributed by atoms with van der Waals surface area (Å²) in [4.78, 5) is 4.48. The van der Waals surface area contributed by atoms with E-state index in [1.165, 1.54) is 0 Å². The zero-order valence-corrected chi connectivity index (χ0v) is 9.90. The number of halogens is 1. The van der Waals surface area contributed by atoms with Crippen molar-refractivity contribution in [2.75, 3.05) is 13.2 Å². The molecule has 0 fully saturated rings. The van der Waals surface area contributed by atoms with Crippen LogP contribution in [0.2, 0.25) is 0 Å². The molecule has 0 spiro atoms. The van der Waals surface area contributed by atoms with Crippen molar-refractivity contribution in [3.8, 4) is 0 Å². The van der Waals surface area contributed by atoms with Gasteiger partial charge in [0.25, 0.3) is 0 Å². The van der Waals surface area contributed by atoms with Crippen molar-refractivity contribution in [3.63, 3.8) is 0 Å². The van der Waals surface area contributed by atoms with E-state index in [1.807, 2.05) is 24.3 Å². The number of hydrogen-bond donors (Lipinski definition) is 1. The molecule has 80 valence electrons. The molecule has 0 aliphatic carbocycles. The lowest BCUT2D eigenvalue weighted by Gasteiger charge is -2.00. The quantitative estimate of drug-likeness (QED) is 0.911. The predicted octanol–water partition coefficient (Wildman–Crippen LogP) is 1.94. The van der Waals surface area contributed by atoms with Crippen molar-refractivity contribution < 1.29 is 4.74 Å². The molecular weight excluding hydrogens is 256 g/mol. The minimum atomic E-state index is 0.230. The first kappa shape index (κ1) is 10.6. The van der Waals surface area contributed by atoms with Crippen molar-refractivity contribution in [2.24, 2.45) is 10.7 Å². The number of ether oxygens (including phenoxy) is 1. The molecule has 15 heavy (non-hydrogen) atoms. The molecule has 0 radical (unpaired) electrons. The number of nitrogens with zero attached hydrogens (tertiary/aromatic N) is 1. The molecule has 1 aromatic rings. The second kappa shape index (κ2) is 4.77. The fourth-order valence-corrected chi connectivity index (χ4v) is 1.77. The number of aliphatic imine (C=N–C) groups is 1. The maximum absolute atomic E-state index is 5.52. The van der Waals surface area contributed by atoms with E-state index in [1.54, 1.807) is 0 Å². The maximum Gasteiger partial charge on any atom is 0.216 e. The lowest BCUT2D eigenvalue weighted by atomic mass is 10.2. The smallest absolute Gasteiger partial charge is 0.216 e. The normalized spacial score (nSPS) is 19.9. The van der Waals surface area contributed by atoms with Gasteiger partial charge in [0.1, 0.15) is 6.61 Å². The van der Waals surface area contributed by atoms with E-state index >= 15 is 0 Å². The highest BCUT2D eigenvalue weighted by Gasteiger charge is 2.18. The van der Waals surface area contributed by atoms with Crippen LogP contribution < -0.4 is 5.73 Å². The van der Waals surface area contributed by atoms with Gasteiger partial charge in [0.15, 0.2) is 0 Å². The molecule has 1 heterocycles. The summed E-state index contributed by atoms with van der Waals surface area (Å²) in [6.45, 7) is 1.31. The Labute approximate surface area is 97.5 Å². The van der Waals surface area contributed by atoms with E-state index in [9.17, 15) is 0 Å². The van der Waals surface area contributed by atoms with E-state index in [2.05, 4.69) is 20.9 Å². The van der Waals surface area contributed by atoms with Gasteiger partial charge in [-0.3, -0.25) is 0 Å². The molecule has 0 amide bonds. The Hall–Kier alpha value is -0.870. The lowest BCUT2D eigenvalue weighted by molar-refractivity contribution is 0.313. The topological polar surface area (TPSA) is 47.6 Å². The van der Waals surface area contributed by atoms with Gasteiger partial charge in [-0.05, 0) is 37.2 Å². The molecule has 1 aliphatic rings. The molecule has 0 aromatic heterocycles. The first-order chi connectivity index (χ1) is 7.29. The van der Waals surface area contributed by atoms with Gasteiger partial charge in [-0.1, -0.05) is 15.9 Å². The third-order valence-corrected chi connectivity index (χ3v) is 2.83.